The average Bonchev–Trinajstić information content (AvgIpc) is 2.88. The van der Waals surface area contributed by atoms with Gasteiger partial charge >= 0.3 is 0 Å². The summed E-state index contributed by atoms with van der Waals surface area (Å²) in [5.74, 6) is 1.76. The lowest BCUT2D eigenvalue weighted by molar-refractivity contribution is -0.119. The van der Waals surface area contributed by atoms with E-state index in [9.17, 15) is 13.2 Å². The zero-order valence-electron chi connectivity index (χ0n) is 20.4. The molecule has 0 unspecified atom stereocenters. The highest BCUT2D eigenvalue weighted by Crippen LogP contribution is 2.35. The molecule has 10 heteroatoms. The lowest BCUT2D eigenvalue weighted by atomic mass is 10.2. The highest BCUT2D eigenvalue weighted by atomic mass is 35.5. The number of carbonyl (C=O) groups is 1. The SMILES string of the molecule is COc1ccc(OC)c(N(CC(=O)NCCSCc2ccc(Cl)cc2)S(=O)(=O)c2ccc(C)cc2)c1. The Kier molecular flexibility index (Phi) is 9.92. The number of nitrogens with one attached hydrogen (secondary N) is 1. The van der Waals surface area contributed by atoms with Crippen molar-refractivity contribution in [1.29, 1.82) is 0 Å². The smallest absolute Gasteiger partial charge is 0.264 e. The van der Waals surface area contributed by atoms with E-state index in [2.05, 4.69) is 5.32 Å². The molecule has 1 amide bonds. The fourth-order valence-electron chi connectivity index (χ4n) is 3.35. The third kappa shape index (κ3) is 7.32. The molecule has 0 saturated carbocycles. The van der Waals surface area contributed by atoms with Gasteiger partial charge in [0.1, 0.15) is 18.0 Å². The van der Waals surface area contributed by atoms with Gasteiger partial charge < -0.3 is 14.8 Å². The van der Waals surface area contributed by atoms with E-state index in [0.29, 0.717) is 28.8 Å². The molecule has 0 aliphatic rings. The second-order valence-electron chi connectivity index (χ2n) is 7.89. The lowest BCUT2D eigenvalue weighted by Gasteiger charge is -2.26. The van der Waals surface area contributed by atoms with Crippen LogP contribution in [0.2, 0.25) is 5.02 Å². The molecule has 0 spiro atoms. The van der Waals surface area contributed by atoms with Gasteiger partial charge in [-0.05, 0) is 48.9 Å². The highest BCUT2D eigenvalue weighted by molar-refractivity contribution is 7.98. The van der Waals surface area contributed by atoms with Gasteiger partial charge in [0.15, 0.2) is 0 Å². The van der Waals surface area contributed by atoms with Crippen molar-refractivity contribution < 1.29 is 22.7 Å². The number of amides is 1. The number of hydrogen-bond acceptors (Lipinski definition) is 6. The molecule has 0 atom stereocenters. The standard InChI is InChI=1S/C26H29ClN2O5S2/c1-19-4-11-23(12-5-19)36(31,32)29(24-16-22(33-2)10-13-25(24)34-3)17-26(30)28-14-15-35-18-20-6-8-21(27)9-7-20/h4-13,16H,14-15,17-18H2,1-3H3,(H,28,30). The topological polar surface area (TPSA) is 84.9 Å². The molecule has 0 radical (unpaired) electrons. The zero-order chi connectivity index (χ0) is 26.1. The number of ether oxygens (including phenoxy) is 2. The van der Waals surface area contributed by atoms with Crippen LogP contribution >= 0.6 is 23.4 Å². The summed E-state index contributed by atoms with van der Waals surface area (Å²) in [6.07, 6.45) is 0. The Morgan fingerprint density at radius 3 is 2.33 bits per heavy atom. The van der Waals surface area contributed by atoms with Crippen LogP contribution in [0.1, 0.15) is 11.1 Å². The van der Waals surface area contributed by atoms with Crippen molar-refractivity contribution in [3.05, 3.63) is 82.9 Å². The van der Waals surface area contributed by atoms with Gasteiger partial charge in [-0.15, -0.1) is 0 Å². The van der Waals surface area contributed by atoms with E-state index in [4.69, 9.17) is 21.1 Å². The molecule has 0 aliphatic heterocycles. The fourth-order valence-corrected chi connectivity index (χ4v) is 5.72. The van der Waals surface area contributed by atoms with E-state index in [1.165, 1.54) is 26.4 Å². The third-order valence-electron chi connectivity index (χ3n) is 5.30. The van der Waals surface area contributed by atoms with Gasteiger partial charge in [0, 0.05) is 29.1 Å². The first-order valence-electron chi connectivity index (χ1n) is 11.1. The normalized spacial score (nSPS) is 11.1. The number of sulfonamides is 1. The van der Waals surface area contributed by atoms with E-state index >= 15 is 0 Å². The van der Waals surface area contributed by atoms with Crippen molar-refractivity contribution in [3.63, 3.8) is 0 Å². The minimum absolute atomic E-state index is 0.0734. The maximum absolute atomic E-state index is 13.6. The second kappa shape index (κ2) is 12.9. The van der Waals surface area contributed by atoms with Crippen LogP contribution in [-0.2, 0) is 20.6 Å². The molecule has 3 rings (SSSR count). The van der Waals surface area contributed by atoms with Crippen LogP contribution in [0.15, 0.2) is 71.6 Å². The predicted octanol–water partition coefficient (Wildman–Crippen LogP) is 4.91. The Labute approximate surface area is 221 Å². The molecule has 3 aromatic carbocycles. The molecular weight excluding hydrogens is 520 g/mol. The minimum atomic E-state index is -4.08. The third-order valence-corrected chi connectivity index (χ3v) is 8.36. The summed E-state index contributed by atoms with van der Waals surface area (Å²) >= 11 is 7.57. The summed E-state index contributed by atoms with van der Waals surface area (Å²) in [6, 6.07) is 18.9. The van der Waals surface area contributed by atoms with Gasteiger partial charge in [-0.1, -0.05) is 41.4 Å². The Hall–Kier alpha value is -2.88. The van der Waals surface area contributed by atoms with Crippen LogP contribution in [0.3, 0.4) is 0 Å². The van der Waals surface area contributed by atoms with Gasteiger partial charge in [0.05, 0.1) is 24.8 Å². The van der Waals surface area contributed by atoms with Crippen LogP contribution in [0.4, 0.5) is 5.69 Å². The van der Waals surface area contributed by atoms with Crippen molar-refractivity contribution in [2.24, 2.45) is 0 Å². The molecule has 0 heterocycles. The fraction of sp³-hybridized carbons (Fsp3) is 0.269. The van der Waals surface area contributed by atoms with Crippen LogP contribution in [-0.4, -0.2) is 47.4 Å². The molecule has 1 N–H and O–H groups in total. The van der Waals surface area contributed by atoms with Gasteiger partial charge in [-0.2, -0.15) is 11.8 Å². The Morgan fingerprint density at radius 1 is 1.00 bits per heavy atom. The number of aryl methyl sites for hydroxylation is 1. The van der Waals surface area contributed by atoms with Gasteiger partial charge in [-0.3, -0.25) is 9.10 Å². The molecule has 0 bridgehead atoms. The van der Waals surface area contributed by atoms with Crippen LogP contribution in [0.25, 0.3) is 0 Å². The summed E-state index contributed by atoms with van der Waals surface area (Å²) in [7, 11) is -1.15. The number of thioether (sulfide) groups is 1. The first-order chi connectivity index (χ1) is 17.2. The zero-order valence-corrected chi connectivity index (χ0v) is 22.8. The van der Waals surface area contributed by atoms with Crippen LogP contribution in [0, 0.1) is 6.92 Å². The number of rotatable bonds is 12. The van der Waals surface area contributed by atoms with Gasteiger partial charge in [0.25, 0.3) is 10.0 Å². The quantitative estimate of drug-likeness (QED) is 0.324. The summed E-state index contributed by atoms with van der Waals surface area (Å²) < 4.78 is 39.0. The largest absolute Gasteiger partial charge is 0.497 e. The predicted molar refractivity (Wildman–Crippen MR) is 146 cm³/mol. The monoisotopic (exact) mass is 548 g/mol. The molecular formula is C26H29ClN2O5S2. The first-order valence-corrected chi connectivity index (χ1v) is 14.1. The minimum Gasteiger partial charge on any atom is -0.497 e. The Bertz CT molecular complexity index is 1270. The molecule has 0 aromatic heterocycles. The second-order valence-corrected chi connectivity index (χ2v) is 11.3. The molecule has 0 fully saturated rings. The van der Waals surface area contributed by atoms with E-state index in [0.717, 1.165) is 21.2 Å². The molecule has 0 saturated heterocycles. The molecule has 3 aromatic rings. The Morgan fingerprint density at radius 2 is 1.69 bits per heavy atom. The van der Waals surface area contributed by atoms with Crippen molar-refractivity contribution in [2.45, 2.75) is 17.6 Å². The maximum atomic E-state index is 13.6. The van der Waals surface area contributed by atoms with Crippen LogP contribution < -0.4 is 19.1 Å². The number of methoxy groups -OCH3 is 2. The Balaban J connectivity index is 1.75. The van der Waals surface area contributed by atoms with E-state index in [1.54, 1.807) is 42.1 Å². The maximum Gasteiger partial charge on any atom is 0.264 e. The number of nitrogens with zero attached hydrogens (tertiary/aromatic N) is 1. The average molecular weight is 549 g/mol. The molecule has 192 valence electrons. The summed E-state index contributed by atoms with van der Waals surface area (Å²) in [6.45, 7) is 1.85. The molecule has 36 heavy (non-hydrogen) atoms. The van der Waals surface area contributed by atoms with E-state index in [1.807, 2.05) is 31.2 Å². The molecule has 0 aliphatic carbocycles. The number of benzene rings is 3. The van der Waals surface area contributed by atoms with Crippen molar-refractivity contribution in [3.8, 4) is 11.5 Å². The highest BCUT2D eigenvalue weighted by Gasteiger charge is 2.30. The lowest BCUT2D eigenvalue weighted by Crippen LogP contribution is -2.41. The number of halogens is 1. The summed E-state index contributed by atoms with van der Waals surface area (Å²) in [5, 5.41) is 3.51. The van der Waals surface area contributed by atoms with Gasteiger partial charge in [-0.25, -0.2) is 8.42 Å². The van der Waals surface area contributed by atoms with Gasteiger partial charge in [0.2, 0.25) is 5.91 Å². The molecule has 7 nitrogen and oxygen atoms in total. The van der Waals surface area contributed by atoms with E-state index in [-0.39, 0.29) is 10.6 Å². The van der Waals surface area contributed by atoms with Crippen molar-refractivity contribution in [2.75, 3.05) is 37.4 Å². The number of hydrogen-bond donors (Lipinski definition) is 1. The van der Waals surface area contributed by atoms with E-state index < -0.39 is 22.5 Å². The summed E-state index contributed by atoms with van der Waals surface area (Å²) in [4.78, 5) is 12.9. The summed E-state index contributed by atoms with van der Waals surface area (Å²) in [5.41, 5.74) is 2.27. The van der Waals surface area contributed by atoms with Crippen molar-refractivity contribution >= 4 is 45.0 Å². The first kappa shape index (κ1) is 27.7. The number of anilines is 1. The van der Waals surface area contributed by atoms with Crippen LogP contribution in [0.5, 0.6) is 11.5 Å². The number of carbonyl (C=O) groups excluding carboxylic acids is 1. The van der Waals surface area contributed by atoms with Crippen molar-refractivity contribution in [1.82, 2.24) is 5.32 Å².